The summed E-state index contributed by atoms with van der Waals surface area (Å²) in [6, 6.07) is 29.8. The zero-order chi connectivity index (χ0) is 22.3. The molecule has 4 nitrogen and oxygen atoms in total. The Kier molecular flexibility index (Phi) is 5.08. The Hall–Kier alpha value is -3.29. The second-order valence-electron chi connectivity index (χ2n) is 9.64. The van der Waals surface area contributed by atoms with Crippen molar-refractivity contribution < 1.29 is 9.47 Å². The quantitative estimate of drug-likeness (QED) is 0.521. The molecule has 166 valence electrons. The lowest BCUT2D eigenvalue weighted by Crippen LogP contribution is -2.31. The Labute approximate surface area is 195 Å². The molecule has 2 heterocycles. The number of hydrogen-bond donors (Lipinski definition) is 0. The minimum atomic E-state index is -0.575. The molecular formula is C29H28N2O2. The summed E-state index contributed by atoms with van der Waals surface area (Å²) in [4.78, 5) is 2.59. The summed E-state index contributed by atoms with van der Waals surface area (Å²) in [6.45, 7) is 3.68. The van der Waals surface area contributed by atoms with E-state index in [0.717, 1.165) is 55.1 Å². The summed E-state index contributed by atoms with van der Waals surface area (Å²) in [5.74, 6) is 3.75. The van der Waals surface area contributed by atoms with Crippen molar-refractivity contribution in [2.45, 2.75) is 18.3 Å². The van der Waals surface area contributed by atoms with Crippen molar-refractivity contribution in [2.24, 2.45) is 17.8 Å². The van der Waals surface area contributed by atoms with Crippen LogP contribution in [0.1, 0.15) is 23.1 Å². The van der Waals surface area contributed by atoms with Crippen LogP contribution in [0.5, 0.6) is 11.5 Å². The monoisotopic (exact) mass is 436 g/mol. The van der Waals surface area contributed by atoms with Crippen LogP contribution in [0.4, 0.5) is 0 Å². The highest BCUT2D eigenvalue weighted by atomic mass is 16.7. The van der Waals surface area contributed by atoms with Crippen molar-refractivity contribution in [1.82, 2.24) is 4.90 Å². The van der Waals surface area contributed by atoms with Gasteiger partial charge in [0, 0.05) is 19.6 Å². The Balaban J connectivity index is 1.12. The molecule has 33 heavy (non-hydrogen) atoms. The summed E-state index contributed by atoms with van der Waals surface area (Å²) in [5, 5.41) is 10.5. The van der Waals surface area contributed by atoms with E-state index >= 15 is 0 Å². The maximum Gasteiger partial charge on any atom is 0.231 e. The van der Waals surface area contributed by atoms with Gasteiger partial charge in [-0.3, -0.25) is 0 Å². The fourth-order valence-electron chi connectivity index (χ4n) is 5.98. The largest absolute Gasteiger partial charge is 0.454 e. The second kappa shape index (κ2) is 8.24. The van der Waals surface area contributed by atoms with Crippen LogP contribution >= 0.6 is 0 Å². The molecule has 2 aliphatic heterocycles. The molecule has 3 aliphatic rings. The predicted octanol–water partition coefficient (Wildman–Crippen LogP) is 5.04. The molecule has 0 bridgehead atoms. The predicted molar refractivity (Wildman–Crippen MR) is 127 cm³/mol. The topological polar surface area (TPSA) is 45.5 Å². The maximum atomic E-state index is 10.5. The first-order chi connectivity index (χ1) is 16.3. The van der Waals surface area contributed by atoms with Crippen molar-refractivity contribution >= 4 is 0 Å². The van der Waals surface area contributed by atoms with Crippen molar-refractivity contribution in [3.63, 3.8) is 0 Å². The van der Waals surface area contributed by atoms with Gasteiger partial charge in [-0.1, -0.05) is 66.7 Å². The van der Waals surface area contributed by atoms with Crippen LogP contribution in [0.2, 0.25) is 0 Å². The molecule has 3 aromatic carbocycles. The molecule has 0 amide bonds. The highest BCUT2D eigenvalue weighted by Gasteiger charge is 2.58. The molecule has 1 saturated carbocycles. The van der Waals surface area contributed by atoms with Gasteiger partial charge < -0.3 is 14.4 Å². The van der Waals surface area contributed by atoms with E-state index in [-0.39, 0.29) is 0 Å². The molecule has 0 aromatic heterocycles. The first-order valence-electron chi connectivity index (χ1n) is 11.9. The third-order valence-electron chi connectivity index (χ3n) is 7.87. The standard InChI is InChI=1S/C29H28N2O2/c30-19-29(22-7-3-1-4-8-22,23-9-5-2-6-10-23)16-24-25-17-31(18-26(24)25)14-13-21-11-12-27-28(15-21)33-20-32-27/h1-12,15,24-26H,13-14,16-18,20H2. The smallest absolute Gasteiger partial charge is 0.231 e. The number of likely N-dealkylation sites (tertiary alicyclic amines) is 1. The first kappa shape index (κ1) is 20.3. The minimum absolute atomic E-state index is 0.325. The van der Waals surface area contributed by atoms with Gasteiger partial charge in [-0.25, -0.2) is 0 Å². The van der Waals surface area contributed by atoms with Crippen molar-refractivity contribution in [1.29, 1.82) is 5.26 Å². The van der Waals surface area contributed by atoms with Crippen LogP contribution in [-0.4, -0.2) is 31.3 Å². The van der Waals surface area contributed by atoms with Crippen molar-refractivity contribution in [3.8, 4) is 17.6 Å². The van der Waals surface area contributed by atoms with Gasteiger partial charge in [0.2, 0.25) is 6.79 Å². The van der Waals surface area contributed by atoms with Gasteiger partial charge in [0.1, 0.15) is 5.41 Å². The molecule has 1 saturated heterocycles. The highest BCUT2D eigenvalue weighted by Crippen LogP contribution is 2.57. The third-order valence-corrected chi connectivity index (χ3v) is 7.87. The average Bonchev–Trinajstić information content (AvgIpc) is 3.23. The van der Waals surface area contributed by atoms with Crippen LogP contribution in [0.15, 0.2) is 78.9 Å². The van der Waals surface area contributed by atoms with Gasteiger partial charge in [0.05, 0.1) is 6.07 Å². The number of piperidine rings is 1. The van der Waals surface area contributed by atoms with Gasteiger partial charge in [0.25, 0.3) is 0 Å². The highest BCUT2D eigenvalue weighted by molar-refractivity contribution is 5.47. The SMILES string of the molecule is N#CC(CC1C2CN(CCc3ccc4c(c3)OCO4)CC21)(c1ccccc1)c1ccccc1. The number of benzene rings is 3. The molecule has 6 rings (SSSR count). The molecule has 3 aromatic rings. The number of ether oxygens (including phenoxy) is 2. The van der Waals surface area contributed by atoms with Crippen LogP contribution in [0, 0.1) is 29.1 Å². The zero-order valence-electron chi connectivity index (χ0n) is 18.7. The molecule has 1 aliphatic carbocycles. The summed E-state index contributed by atoms with van der Waals surface area (Å²) < 4.78 is 10.9. The number of hydrogen-bond acceptors (Lipinski definition) is 4. The van der Waals surface area contributed by atoms with Crippen LogP contribution in [0.25, 0.3) is 0 Å². The van der Waals surface area contributed by atoms with Crippen LogP contribution in [-0.2, 0) is 11.8 Å². The lowest BCUT2D eigenvalue weighted by Gasteiger charge is -2.30. The molecule has 2 unspecified atom stereocenters. The van der Waals surface area contributed by atoms with E-state index < -0.39 is 5.41 Å². The normalized spacial score (nSPS) is 23.2. The van der Waals surface area contributed by atoms with E-state index in [4.69, 9.17) is 9.47 Å². The van der Waals surface area contributed by atoms with Gasteiger partial charge in [0.15, 0.2) is 11.5 Å². The summed E-state index contributed by atoms with van der Waals surface area (Å²) in [7, 11) is 0. The van der Waals surface area contributed by atoms with E-state index in [1.807, 2.05) is 18.2 Å². The Morgan fingerprint density at radius 1 is 0.848 bits per heavy atom. The van der Waals surface area contributed by atoms with Crippen molar-refractivity contribution in [2.75, 3.05) is 26.4 Å². The Bertz CT molecular complexity index is 1120. The third kappa shape index (κ3) is 3.67. The number of rotatable bonds is 7. The lowest BCUT2D eigenvalue weighted by atomic mass is 9.71. The summed E-state index contributed by atoms with van der Waals surface area (Å²) >= 11 is 0. The molecule has 0 N–H and O–H groups in total. The van der Waals surface area contributed by atoms with Gasteiger partial charge in [-0.15, -0.1) is 0 Å². The fraction of sp³-hybridized carbons (Fsp3) is 0.345. The molecule has 2 fully saturated rings. The van der Waals surface area contributed by atoms with Crippen LogP contribution < -0.4 is 9.47 Å². The van der Waals surface area contributed by atoms with E-state index in [2.05, 4.69) is 71.6 Å². The molecular weight excluding hydrogens is 408 g/mol. The van der Waals surface area contributed by atoms with Gasteiger partial charge in [-0.2, -0.15) is 5.26 Å². The summed E-state index contributed by atoms with van der Waals surface area (Å²) in [5.41, 5.74) is 2.95. The first-order valence-corrected chi connectivity index (χ1v) is 11.9. The zero-order valence-corrected chi connectivity index (χ0v) is 18.7. The number of nitrogens with zero attached hydrogens (tertiary/aromatic N) is 2. The van der Waals surface area contributed by atoms with E-state index in [1.165, 1.54) is 5.56 Å². The summed E-state index contributed by atoms with van der Waals surface area (Å²) in [6.07, 6.45) is 1.93. The lowest BCUT2D eigenvalue weighted by molar-refractivity contribution is 0.174. The number of nitriles is 1. The molecule has 0 spiro atoms. The fourth-order valence-corrected chi connectivity index (χ4v) is 5.98. The van der Waals surface area contributed by atoms with Crippen molar-refractivity contribution in [3.05, 3.63) is 95.6 Å². The van der Waals surface area contributed by atoms with E-state index in [9.17, 15) is 5.26 Å². The number of fused-ring (bicyclic) bond motifs is 2. The minimum Gasteiger partial charge on any atom is -0.454 e. The van der Waals surface area contributed by atoms with E-state index in [0.29, 0.717) is 24.5 Å². The maximum absolute atomic E-state index is 10.5. The Morgan fingerprint density at radius 3 is 2.12 bits per heavy atom. The van der Waals surface area contributed by atoms with Crippen LogP contribution in [0.3, 0.4) is 0 Å². The average molecular weight is 437 g/mol. The van der Waals surface area contributed by atoms with E-state index in [1.54, 1.807) is 0 Å². The van der Waals surface area contributed by atoms with Gasteiger partial charge >= 0.3 is 0 Å². The molecule has 2 atom stereocenters. The Morgan fingerprint density at radius 2 is 1.48 bits per heavy atom. The molecule has 0 radical (unpaired) electrons. The second-order valence-corrected chi connectivity index (χ2v) is 9.64. The van der Waals surface area contributed by atoms with Gasteiger partial charge in [-0.05, 0) is 59.4 Å². The molecule has 4 heteroatoms.